The molecule has 1 aromatic heterocycles. The van der Waals surface area contributed by atoms with Crippen LogP contribution in [0.5, 0.6) is 0 Å². The molecule has 4 heteroatoms. The molecule has 1 N–H and O–H groups in total. The molecule has 0 saturated carbocycles. The third kappa shape index (κ3) is 2.36. The molecule has 0 aliphatic rings. The zero-order valence-electron chi connectivity index (χ0n) is 10.3. The number of rotatable bonds is 2. The molecule has 0 radical (unpaired) electrons. The SMILES string of the molecule is Cc1cccc2c(=O)n(CC(C)(C)O)cnc12. The van der Waals surface area contributed by atoms with Crippen molar-refractivity contribution in [2.24, 2.45) is 0 Å². The standard InChI is InChI=1S/C13H16N2O2/c1-9-5-4-6-10-11(9)14-8-15(12(10)16)7-13(2,3)17/h4-6,8,17H,7H2,1-3H3. The normalized spacial score (nSPS) is 12.0. The first-order valence-corrected chi connectivity index (χ1v) is 5.56. The second-order valence-electron chi connectivity index (χ2n) is 4.96. The van der Waals surface area contributed by atoms with Crippen molar-refractivity contribution in [2.75, 3.05) is 0 Å². The minimum absolute atomic E-state index is 0.110. The molecule has 2 rings (SSSR count). The zero-order chi connectivity index (χ0) is 12.6. The van der Waals surface area contributed by atoms with Gasteiger partial charge >= 0.3 is 0 Å². The largest absolute Gasteiger partial charge is 0.389 e. The quantitative estimate of drug-likeness (QED) is 0.853. The molecule has 4 nitrogen and oxygen atoms in total. The van der Waals surface area contributed by atoms with Crippen LogP contribution in [0, 0.1) is 6.92 Å². The molecule has 0 saturated heterocycles. The average Bonchev–Trinajstić information content (AvgIpc) is 2.21. The summed E-state index contributed by atoms with van der Waals surface area (Å²) in [6.07, 6.45) is 1.50. The van der Waals surface area contributed by atoms with Crippen LogP contribution in [-0.4, -0.2) is 20.3 Å². The van der Waals surface area contributed by atoms with E-state index in [1.807, 2.05) is 19.1 Å². The molecule has 2 aromatic rings. The highest BCUT2D eigenvalue weighted by Crippen LogP contribution is 2.12. The van der Waals surface area contributed by atoms with Crippen molar-refractivity contribution >= 4 is 10.9 Å². The number of benzene rings is 1. The smallest absolute Gasteiger partial charge is 0.261 e. The molecule has 0 amide bonds. The van der Waals surface area contributed by atoms with E-state index in [0.717, 1.165) is 11.1 Å². The molecule has 0 aliphatic heterocycles. The Bertz CT molecular complexity index is 609. The number of aromatic nitrogens is 2. The number of para-hydroxylation sites is 1. The van der Waals surface area contributed by atoms with Crippen molar-refractivity contribution in [1.82, 2.24) is 9.55 Å². The van der Waals surface area contributed by atoms with Gasteiger partial charge in [-0.15, -0.1) is 0 Å². The van der Waals surface area contributed by atoms with Crippen LogP contribution in [0.25, 0.3) is 10.9 Å². The van der Waals surface area contributed by atoms with Gasteiger partial charge < -0.3 is 5.11 Å². The molecular weight excluding hydrogens is 216 g/mol. The van der Waals surface area contributed by atoms with Crippen LogP contribution >= 0.6 is 0 Å². The van der Waals surface area contributed by atoms with Gasteiger partial charge in [0.25, 0.3) is 5.56 Å². The predicted molar refractivity (Wildman–Crippen MR) is 67.0 cm³/mol. The van der Waals surface area contributed by atoms with Gasteiger partial charge in [-0.25, -0.2) is 4.98 Å². The van der Waals surface area contributed by atoms with Gasteiger partial charge in [0.1, 0.15) is 0 Å². The van der Waals surface area contributed by atoms with Gasteiger partial charge in [0.15, 0.2) is 0 Å². The Labute approximate surface area is 99.5 Å². The van der Waals surface area contributed by atoms with Crippen LogP contribution in [0.4, 0.5) is 0 Å². The van der Waals surface area contributed by atoms with Gasteiger partial charge in [-0.1, -0.05) is 12.1 Å². The fourth-order valence-corrected chi connectivity index (χ4v) is 1.87. The molecule has 0 bridgehead atoms. The maximum Gasteiger partial charge on any atom is 0.261 e. The van der Waals surface area contributed by atoms with Crippen LogP contribution in [-0.2, 0) is 6.54 Å². The number of fused-ring (bicyclic) bond motifs is 1. The Hall–Kier alpha value is -1.68. The summed E-state index contributed by atoms with van der Waals surface area (Å²) in [5, 5.41) is 10.3. The third-order valence-corrected chi connectivity index (χ3v) is 2.61. The van der Waals surface area contributed by atoms with E-state index in [2.05, 4.69) is 4.98 Å². The van der Waals surface area contributed by atoms with Crippen molar-refractivity contribution in [2.45, 2.75) is 32.9 Å². The molecular formula is C13H16N2O2. The number of aliphatic hydroxyl groups is 1. The highest BCUT2D eigenvalue weighted by molar-refractivity contribution is 5.80. The molecule has 90 valence electrons. The first-order valence-electron chi connectivity index (χ1n) is 5.56. The highest BCUT2D eigenvalue weighted by Gasteiger charge is 2.15. The molecule has 0 atom stereocenters. The Morgan fingerprint density at radius 1 is 1.41 bits per heavy atom. The van der Waals surface area contributed by atoms with E-state index >= 15 is 0 Å². The van der Waals surface area contributed by atoms with E-state index in [1.54, 1.807) is 19.9 Å². The molecule has 1 aromatic carbocycles. The summed E-state index contributed by atoms with van der Waals surface area (Å²) in [5.74, 6) is 0. The van der Waals surface area contributed by atoms with Crippen molar-refractivity contribution in [3.8, 4) is 0 Å². The van der Waals surface area contributed by atoms with Crippen LogP contribution in [0.15, 0.2) is 29.3 Å². The zero-order valence-corrected chi connectivity index (χ0v) is 10.3. The van der Waals surface area contributed by atoms with E-state index in [1.165, 1.54) is 10.9 Å². The second kappa shape index (κ2) is 3.96. The lowest BCUT2D eigenvalue weighted by molar-refractivity contribution is 0.0603. The summed E-state index contributed by atoms with van der Waals surface area (Å²) in [6, 6.07) is 5.53. The van der Waals surface area contributed by atoms with E-state index in [0.29, 0.717) is 5.39 Å². The average molecular weight is 232 g/mol. The number of aryl methyl sites for hydroxylation is 1. The van der Waals surface area contributed by atoms with Gasteiger partial charge in [0, 0.05) is 0 Å². The minimum atomic E-state index is -0.928. The summed E-state index contributed by atoms with van der Waals surface area (Å²) in [6.45, 7) is 5.50. The van der Waals surface area contributed by atoms with E-state index in [-0.39, 0.29) is 12.1 Å². The molecule has 17 heavy (non-hydrogen) atoms. The van der Waals surface area contributed by atoms with Crippen LogP contribution in [0.2, 0.25) is 0 Å². The first kappa shape index (κ1) is 11.8. The molecule has 0 aliphatic carbocycles. The van der Waals surface area contributed by atoms with Gasteiger partial charge in [-0.3, -0.25) is 9.36 Å². The van der Waals surface area contributed by atoms with Gasteiger partial charge in [-0.05, 0) is 32.4 Å². The molecule has 0 unspecified atom stereocenters. The summed E-state index contributed by atoms with van der Waals surface area (Å²) < 4.78 is 1.45. The fraction of sp³-hybridized carbons (Fsp3) is 0.385. The first-order chi connectivity index (χ1) is 7.88. The molecule has 0 spiro atoms. The Morgan fingerprint density at radius 3 is 2.76 bits per heavy atom. The van der Waals surface area contributed by atoms with Crippen molar-refractivity contribution < 1.29 is 5.11 Å². The van der Waals surface area contributed by atoms with Gasteiger partial charge in [0.2, 0.25) is 0 Å². The topological polar surface area (TPSA) is 55.1 Å². The lowest BCUT2D eigenvalue weighted by Crippen LogP contribution is -2.32. The van der Waals surface area contributed by atoms with E-state index < -0.39 is 5.60 Å². The third-order valence-electron chi connectivity index (χ3n) is 2.61. The minimum Gasteiger partial charge on any atom is -0.389 e. The summed E-state index contributed by atoms with van der Waals surface area (Å²) >= 11 is 0. The lowest BCUT2D eigenvalue weighted by Gasteiger charge is -2.18. The Balaban J connectivity index is 2.63. The summed E-state index contributed by atoms with van der Waals surface area (Å²) in [4.78, 5) is 16.4. The van der Waals surface area contributed by atoms with Crippen LogP contribution < -0.4 is 5.56 Å². The van der Waals surface area contributed by atoms with Crippen molar-refractivity contribution in [1.29, 1.82) is 0 Å². The Morgan fingerprint density at radius 2 is 2.12 bits per heavy atom. The van der Waals surface area contributed by atoms with Crippen molar-refractivity contribution in [3.05, 3.63) is 40.4 Å². The molecule has 1 heterocycles. The maximum absolute atomic E-state index is 12.2. The number of nitrogens with zero attached hydrogens (tertiary/aromatic N) is 2. The summed E-state index contributed by atoms with van der Waals surface area (Å²) in [7, 11) is 0. The fourth-order valence-electron chi connectivity index (χ4n) is 1.87. The van der Waals surface area contributed by atoms with Gasteiger partial charge in [-0.2, -0.15) is 0 Å². The van der Waals surface area contributed by atoms with E-state index in [4.69, 9.17) is 0 Å². The summed E-state index contributed by atoms with van der Waals surface area (Å²) in [5.41, 5.74) is 0.670. The molecule has 0 fully saturated rings. The van der Waals surface area contributed by atoms with E-state index in [9.17, 15) is 9.90 Å². The Kier molecular flexibility index (Phi) is 2.75. The van der Waals surface area contributed by atoms with Crippen LogP contribution in [0.1, 0.15) is 19.4 Å². The van der Waals surface area contributed by atoms with Crippen molar-refractivity contribution in [3.63, 3.8) is 0 Å². The van der Waals surface area contributed by atoms with Crippen LogP contribution in [0.3, 0.4) is 0 Å². The maximum atomic E-state index is 12.2. The highest BCUT2D eigenvalue weighted by atomic mass is 16.3. The second-order valence-corrected chi connectivity index (χ2v) is 4.96. The predicted octanol–water partition coefficient (Wildman–Crippen LogP) is 1.48. The number of hydrogen-bond donors (Lipinski definition) is 1. The van der Waals surface area contributed by atoms with Gasteiger partial charge in [0.05, 0.1) is 29.4 Å². The lowest BCUT2D eigenvalue weighted by atomic mass is 10.1. The number of hydrogen-bond acceptors (Lipinski definition) is 3. The monoisotopic (exact) mass is 232 g/mol.